The van der Waals surface area contributed by atoms with Gasteiger partial charge in [-0.2, -0.15) is 0 Å². The predicted molar refractivity (Wildman–Crippen MR) is 73.9 cm³/mol. The van der Waals surface area contributed by atoms with Gasteiger partial charge in [-0.05, 0) is 25.0 Å². The first kappa shape index (κ1) is 13.2. The molecule has 0 saturated carbocycles. The van der Waals surface area contributed by atoms with Crippen molar-refractivity contribution in [3.8, 4) is 0 Å². The van der Waals surface area contributed by atoms with Crippen LogP contribution in [-0.2, 0) is 4.79 Å². The molecule has 1 saturated heterocycles. The first-order chi connectivity index (χ1) is 8.70. The lowest BCUT2D eigenvalue weighted by Gasteiger charge is -2.35. The number of hydrogen-bond acceptors (Lipinski definition) is 3. The SMILES string of the molecule is NCC(=O)NC1CCCN(c2ccccc2Cl)C1. The summed E-state index contributed by atoms with van der Waals surface area (Å²) in [6.45, 7) is 1.80. The van der Waals surface area contributed by atoms with Gasteiger partial charge in [0.15, 0.2) is 0 Å². The Morgan fingerprint density at radius 3 is 3.00 bits per heavy atom. The molecule has 2 rings (SSSR count). The molecule has 5 heteroatoms. The second kappa shape index (κ2) is 6.07. The van der Waals surface area contributed by atoms with E-state index in [2.05, 4.69) is 10.2 Å². The molecule has 1 aliphatic rings. The maximum Gasteiger partial charge on any atom is 0.234 e. The van der Waals surface area contributed by atoms with E-state index in [4.69, 9.17) is 17.3 Å². The summed E-state index contributed by atoms with van der Waals surface area (Å²) in [6, 6.07) is 7.95. The molecule has 1 heterocycles. The number of para-hydroxylation sites is 1. The van der Waals surface area contributed by atoms with Gasteiger partial charge >= 0.3 is 0 Å². The van der Waals surface area contributed by atoms with Crippen molar-refractivity contribution in [3.05, 3.63) is 29.3 Å². The highest BCUT2D eigenvalue weighted by atomic mass is 35.5. The number of nitrogens with zero attached hydrogens (tertiary/aromatic N) is 1. The van der Waals surface area contributed by atoms with Crippen LogP contribution in [-0.4, -0.2) is 31.6 Å². The van der Waals surface area contributed by atoms with Crippen molar-refractivity contribution in [2.24, 2.45) is 5.73 Å². The molecular formula is C13H18ClN3O. The largest absolute Gasteiger partial charge is 0.368 e. The minimum absolute atomic E-state index is 0.0442. The number of benzene rings is 1. The molecule has 1 unspecified atom stereocenters. The van der Waals surface area contributed by atoms with Gasteiger partial charge in [0.05, 0.1) is 17.3 Å². The molecule has 1 atom stereocenters. The summed E-state index contributed by atoms with van der Waals surface area (Å²) in [5.41, 5.74) is 6.35. The van der Waals surface area contributed by atoms with E-state index in [-0.39, 0.29) is 18.5 Å². The molecule has 98 valence electrons. The summed E-state index contributed by atoms with van der Waals surface area (Å²) < 4.78 is 0. The number of halogens is 1. The maximum absolute atomic E-state index is 11.3. The molecule has 0 spiro atoms. The normalized spacial score (nSPS) is 19.7. The number of rotatable bonds is 3. The third-order valence-electron chi connectivity index (χ3n) is 3.17. The van der Waals surface area contributed by atoms with Gasteiger partial charge < -0.3 is 16.0 Å². The van der Waals surface area contributed by atoms with Crippen LogP contribution < -0.4 is 16.0 Å². The summed E-state index contributed by atoms with van der Waals surface area (Å²) in [6.07, 6.45) is 2.04. The van der Waals surface area contributed by atoms with Crippen LogP contribution in [0, 0.1) is 0 Å². The molecule has 1 aromatic rings. The maximum atomic E-state index is 11.3. The summed E-state index contributed by atoms with van der Waals surface area (Å²) >= 11 is 6.19. The lowest BCUT2D eigenvalue weighted by atomic mass is 10.0. The smallest absolute Gasteiger partial charge is 0.234 e. The fourth-order valence-corrected chi connectivity index (χ4v) is 2.56. The number of hydrogen-bond donors (Lipinski definition) is 2. The van der Waals surface area contributed by atoms with E-state index >= 15 is 0 Å². The van der Waals surface area contributed by atoms with Crippen molar-refractivity contribution < 1.29 is 4.79 Å². The zero-order valence-corrected chi connectivity index (χ0v) is 11.0. The van der Waals surface area contributed by atoms with Crippen LogP contribution in [0.4, 0.5) is 5.69 Å². The van der Waals surface area contributed by atoms with E-state index in [1.54, 1.807) is 0 Å². The van der Waals surface area contributed by atoms with Gasteiger partial charge in [-0.25, -0.2) is 0 Å². The fourth-order valence-electron chi connectivity index (χ4n) is 2.31. The van der Waals surface area contributed by atoms with Gasteiger partial charge in [-0.1, -0.05) is 23.7 Å². The van der Waals surface area contributed by atoms with Crippen LogP contribution in [0.5, 0.6) is 0 Å². The molecular weight excluding hydrogens is 250 g/mol. The van der Waals surface area contributed by atoms with Gasteiger partial charge in [-0.3, -0.25) is 4.79 Å². The highest BCUT2D eigenvalue weighted by Crippen LogP contribution is 2.27. The first-order valence-corrected chi connectivity index (χ1v) is 6.57. The molecule has 0 radical (unpaired) electrons. The summed E-state index contributed by atoms with van der Waals surface area (Å²) in [5.74, 6) is -0.0963. The molecule has 4 nitrogen and oxygen atoms in total. The van der Waals surface area contributed by atoms with Gasteiger partial charge in [0, 0.05) is 19.1 Å². The van der Waals surface area contributed by atoms with Crippen molar-refractivity contribution in [3.63, 3.8) is 0 Å². The Morgan fingerprint density at radius 1 is 1.50 bits per heavy atom. The minimum atomic E-state index is -0.0963. The number of amides is 1. The van der Waals surface area contributed by atoms with Crippen LogP contribution in [0.2, 0.25) is 5.02 Å². The molecule has 1 aromatic carbocycles. The standard InChI is InChI=1S/C13H18ClN3O/c14-11-5-1-2-6-12(11)17-7-3-4-10(9-17)16-13(18)8-15/h1-2,5-6,10H,3-4,7-9,15H2,(H,16,18). The van der Waals surface area contributed by atoms with Gasteiger partial charge in [0.25, 0.3) is 0 Å². The molecule has 0 bridgehead atoms. The lowest BCUT2D eigenvalue weighted by molar-refractivity contribution is -0.120. The Balaban J connectivity index is 2.03. The molecule has 1 fully saturated rings. The van der Waals surface area contributed by atoms with E-state index in [0.29, 0.717) is 0 Å². The second-order valence-electron chi connectivity index (χ2n) is 4.51. The Hall–Kier alpha value is -1.26. The van der Waals surface area contributed by atoms with E-state index in [1.165, 1.54) is 0 Å². The summed E-state index contributed by atoms with van der Waals surface area (Å²) in [7, 11) is 0. The molecule has 0 aliphatic carbocycles. The summed E-state index contributed by atoms with van der Waals surface area (Å²) in [5, 5.41) is 3.69. The Morgan fingerprint density at radius 2 is 2.28 bits per heavy atom. The first-order valence-electron chi connectivity index (χ1n) is 6.19. The summed E-state index contributed by atoms with van der Waals surface area (Å²) in [4.78, 5) is 13.5. The average Bonchev–Trinajstić information content (AvgIpc) is 2.39. The predicted octanol–water partition coefficient (Wildman–Crippen LogP) is 1.38. The number of piperidine rings is 1. The zero-order valence-electron chi connectivity index (χ0n) is 10.2. The molecule has 18 heavy (non-hydrogen) atoms. The number of nitrogens with two attached hydrogens (primary N) is 1. The Bertz CT molecular complexity index is 424. The Kier molecular flexibility index (Phi) is 4.44. The van der Waals surface area contributed by atoms with E-state index in [9.17, 15) is 4.79 Å². The van der Waals surface area contributed by atoms with Gasteiger partial charge in [0.2, 0.25) is 5.91 Å². The van der Waals surface area contributed by atoms with Crippen LogP contribution >= 0.6 is 11.6 Å². The van der Waals surface area contributed by atoms with Crippen molar-refractivity contribution in [1.29, 1.82) is 0 Å². The number of carbonyl (C=O) groups is 1. The third kappa shape index (κ3) is 3.15. The van der Waals surface area contributed by atoms with Gasteiger partial charge in [0.1, 0.15) is 0 Å². The van der Waals surface area contributed by atoms with Crippen LogP contribution in [0.1, 0.15) is 12.8 Å². The molecule has 1 aliphatic heterocycles. The quantitative estimate of drug-likeness (QED) is 0.870. The molecule has 3 N–H and O–H groups in total. The van der Waals surface area contributed by atoms with Crippen molar-refractivity contribution >= 4 is 23.2 Å². The van der Waals surface area contributed by atoms with Crippen LogP contribution in [0.15, 0.2) is 24.3 Å². The molecule has 1 amide bonds. The second-order valence-corrected chi connectivity index (χ2v) is 4.92. The van der Waals surface area contributed by atoms with Crippen LogP contribution in [0.3, 0.4) is 0 Å². The fraction of sp³-hybridized carbons (Fsp3) is 0.462. The number of nitrogens with one attached hydrogen (secondary N) is 1. The van der Waals surface area contributed by atoms with E-state index in [0.717, 1.165) is 36.6 Å². The van der Waals surface area contributed by atoms with E-state index in [1.807, 2.05) is 24.3 Å². The van der Waals surface area contributed by atoms with Crippen LogP contribution in [0.25, 0.3) is 0 Å². The molecule has 0 aromatic heterocycles. The average molecular weight is 268 g/mol. The third-order valence-corrected chi connectivity index (χ3v) is 3.48. The zero-order chi connectivity index (χ0) is 13.0. The van der Waals surface area contributed by atoms with E-state index < -0.39 is 0 Å². The topological polar surface area (TPSA) is 58.4 Å². The van der Waals surface area contributed by atoms with Gasteiger partial charge in [-0.15, -0.1) is 0 Å². The highest BCUT2D eigenvalue weighted by Gasteiger charge is 2.22. The van der Waals surface area contributed by atoms with Crippen molar-refractivity contribution in [2.75, 3.05) is 24.5 Å². The highest BCUT2D eigenvalue weighted by molar-refractivity contribution is 6.33. The lowest BCUT2D eigenvalue weighted by Crippen LogP contribution is -2.49. The number of anilines is 1. The van der Waals surface area contributed by atoms with Crippen molar-refractivity contribution in [1.82, 2.24) is 5.32 Å². The Labute approximate surface area is 112 Å². The van der Waals surface area contributed by atoms with Crippen molar-refractivity contribution in [2.45, 2.75) is 18.9 Å². The number of carbonyl (C=O) groups excluding carboxylic acids is 1. The minimum Gasteiger partial charge on any atom is -0.368 e. The monoisotopic (exact) mass is 267 g/mol.